The van der Waals surface area contributed by atoms with Crippen molar-refractivity contribution in [2.75, 3.05) is 13.1 Å². The van der Waals surface area contributed by atoms with Crippen LogP contribution in [0.15, 0.2) is 12.2 Å². The fourth-order valence-corrected chi connectivity index (χ4v) is 2.09. The molecular formula is C11H16N3O2P. The van der Waals surface area contributed by atoms with E-state index in [0.717, 1.165) is 6.21 Å². The van der Waals surface area contributed by atoms with Gasteiger partial charge in [0.25, 0.3) is 5.91 Å². The second kappa shape index (κ2) is 6.40. The fourth-order valence-electron chi connectivity index (χ4n) is 1.75. The van der Waals surface area contributed by atoms with Crippen molar-refractivity contribution in [1.29, 1.82) is 10.8 Å². The highest BCUT2D eigenvalue weighted by molar-refractivity contribution is 7.40. The predicted octanol–water partition coefficient (Wildman–Crippen LogP) is 0.852. The standard InChI is InChI=1S/C11H16N3O2P/c12-5-1-2-9(13)10(15)14-6-3-8(4-7-14)11(16)17/h1-2,5,8,12-13H,3-4,6-7,17H2/b2-1-,12-5?,13-9?. The molecule has 1 aliphatic heterocycles. The first kappa shape index (κ1) is 13.7. The molecule has 1 amide bonds. The molecule has 1 aliphatic rings. The molecule has 1 unspecified atom stereocenters. The van der Waals surface area contributed by atoms with Crippen LogP contribution in [0, 0.1) is 16.7 Å². The quantitative estimate of drug-likeness (QED) is 0.575. The summed E-state index contributed by atoms with van der Waals surface area (Å²) in [6.07, 6.45) is 5.01. The van der Waals surface area contributed by atoms with Crippen LogP contribution in [0.25, 0.3) is 0 Å². The van der Waals surface area contributed by atoms with Gasteiger partial charge in [0.15, 0.2) is 5.52 Å². The number of carbonyl (C=O) groups excluding carboxylic acids is 2. The number of amides is 1. The summed E-state index contributed by atoms with van der Waals surface area (Å²) in [7, 11) is 2.18. The lowest BCUT2D eigenvalue weighted by Crippen LogP contribution is -2.42. The van der Waals surface area contributed by atoms with Crippen molar-refractivity contribution in [3.05, 3.63) is 12.2 Å². The minimum Gasteiger partial charge on any atom is -0.337 e. The van der Waals surface area contributed by atoms with Crippen LogP contribution in [0.2, 0.25) is 0 Å². The van der Waals surface area contributed by atoms with E-state index in [4.69, 9.17) is 10.8 Å². The first-order chi connectivity index (χ1) is 8.06. The van der Waals surface area contributed by atoms with Gasteiger partial charge in [0, 0.05) is 25.2 Å². The minimum absolute atomic E-state index is 0.0235. The first-order valence-electron chi connectivity index (χ1n) is 5.40. The maximum absolute atomic E-state index is 11.8. The fraction of sp³-hybridized carbons (Fsp3) is 0.455. The Balaban J connectivity index is 2.51. The molecule has 1 fully saturated rings. The monoisotopic (exact) mass is 253 g/mol. The molecule has 5 nitrogen and oxygen atoms in total. The molecule has 0 saturated carbocycles. The normalized spacial score (nSPS) is 17.1. The van der Waals surface area contributed by atoms with E-state index in [1.54, 1.807) is 4.90 Å². The second-order valence-corrected chi connectivity index (χ2v) is 4.48. The summed E-state index contributed by atoms with van der Waals surface area (Å²) in [5, 5.41) is 14.3. The van der Waals surface area contributed by atoms with E-state index in [0.29, 0.717) is 25.9 Å². The van der Waals surface area contributed by atoms with Gasteiger partial charge in [0.1, 0.15) is 5.71 Å². The Morgan fingerprint density at radius 1 is 1.29 bits per heavy atom. The van der Waals surface area contributed by atoms with Crippen molar-refractivity contribution in [2.45, 2.75) is 12.8 Å². The van der Waals surface area contributed by atoms with E-state index in [1.165, 1.54) is 12.2 Å². The molecule has 0 bridgehead atoms. The minimum atomic E-state index is -0.335. The Bertz CT molecular complexity index is 371. The largest absolute Gasteiger partial charge is 0.337 e. The molecule has 17 heavy (non-hydrogen) atoms. The molecule has 0 radical (unpaired) electrons. The number of allylic oxidation sites excluding steroid dienone is 1. The van der Waals surface area contributed by atoms with E-state index in [1.807, 2.05) is 0 Å². The molecule has 0 spiro atoms. The number of carbonyl (C=O) groups is 2. The number of likely N-dealkylation sites (tertiary alicyclic amines) is 1. The van der Waals surface area contributed by atoms with Crippen LogP contribution in [-0.2, 0) is 9.59 Å². The lowest BCUT2D eigenvalue weighted by molar-refractivity contribution is -0.127. The number of hydrogen-bond donors (Lipinski definition) is 2. The Morgan fingerprint density at radius 2 is 1.88 bits per heavy atom. The van der Waals surface area contributed by atoms with E-state index in [9.17, 15) is 9.59 Å². The maximum Gasteiger partial charge on any atom is 0.271 e. The molecule has 0 aliphatic carbocycles. The first-order valence-corrected chi connectivity index (χ1v) is 5.98. The van der Waals surface area contributed by atoms with Gasteiger partial charge in [0.2, 0.25) is 0 Å². The molecule has 0 aromatic carbocycles. The summed E-state index contributed by atoms with van der Waals surface area (Å²) in [6, 6.07) is 0. The highest BCUT2D eigenvalue weighted by Gasteiger charge is 2.26. The summed E-state index contributed by atoms with van der Waals surface area (Å²) in [4.78, 5) is 24.5. The van der Waals surface area contributed by atoms with Gasteiger partial charge in [-0.25, -0.2) is 0 Å². The SMILES string of the molecule is N=C/C=C\C(=N)C(=O)N1CCC(C(=O)P)CC1. The summed E-state index contributed by atoms with van der Waals surface area (Å²) in [6.45, 7) is 1.04. The van der Waals surface area contributed by atoms with E-state index in [-0.39, 0.29) is 23.1 Å². The molecule has 2 N–H and O–H groups in total. The number of nitrogens with one attached hydrogen (secondary N) is 2. The second-order valence-electron chi connectivity index (χ2n) is 3.91. The van der Waals surface area contributed by atoms with Crippen LogP contribution in [-0.4, -0.2) is 41.3 Å². The van der Waals surface area contributed by atoms with Crippen molar-refractivity contribution < 1.29 is 9.59 Å². The number of hydrogen-bond acceptors (Lipinski definition) is 4. The number of piperidine rings is 1. The number of nitrogens with zero attached hydrogens (tertiary/aromatic N) is 1. The highest BCUT2D eigenvalue weighted by atomic mass is 31.0. The van der Waals surface area contributed by atoms with E-state index >= 15 is 0 Å². The van der Waals surface area contributed by atoms with Crippen LogP contribution in [0.1, 0.15) is 12.8 Å². The molecule has 6 heteroatoms. The Kier molecular flexibility index (Phi) is 5.16. The zero-order chi connectivity index (χ0) is 12.8. The third-order valence-electron chi connectivity index (χ3n) is 2.77. The molecule has 1 rings (SSSR count). The average Bonchev–Trinajstić information content (AvgIpc) is 2.35. The van der Waals surface area contributed by atoms with Crippen molar-refractivity contribution >= 4 is 32.6 Å². The van der Waals surface area contributed by atoms with Crippen LogP contribution < -0.4 is 0 Å². The Hall–Kier alpha value is -1.35. The third kappa shape index (κ3) is 3.86. The van der Waals surface area contributed by atoms with E-state index in [2.05, 4.69) is 9.24 Å². The van der Waals surface area contributed by atoms with Gasteiger partial charge in [-0.1, -0.05) is 9.24 Å². The molecule has 1 saturated heterocycles. The summed E-state index contributed by atoms with van der Waals surface area (Å²) >= 11 is 0. The van der Waals surface area contributed by atoms with Crippen molar-refractivity contribution in [1.82, 2.24) is 4.90 Å². The summed E-state index contributed by atoms with van der Waals surface area (Å²) in [5.74, 6) is -0.312. The zero-order valence-corrected chi connectivity index (χ0v) is 10.6. The van der Waals surface area contributed by atoms with Gasteiger partial charge in [-0.15, -0.1) is 0 Å². The van der Waals surface area contributed by atoms with Crippen LogP contribution in [0.5, 0.6) is 0 Å². The molecule has 1 atom stereocenters. The van der Waals surface area contributed by atoms with Crippen molar-refractivity contribution in [2.24, 2.45) is 5.92 Å². The van der Waals surface area contributed by atoms with Crippen molar-refractivity contribution in [3.8, 4) is 0 Å². The van der Waals surface area contributed by atoms with Gasteiger partial charge in [-0.3, -0.25) is 15.0 Å². The molecule has 92 valence electrons. The smallest absolute Gasteiger partial charge is 0.271 e. The number of rotatable bonds is 4. The Labute approximate surface area is 102 Å². The van der Waals surface area contributed by atoms with Crippen LogP contribution in [0.4, 0.5) is 0 Å². The third-order valence-corrected chi connectivity index (χ3v) is 3.25. The maximum atomic E-state index is 11.8. The van der Waals surface area contributed by atoms with Gasteiger partial charge in [-0.2, -0.15) is 0 Å². The molecular weight excluding hydrogens is 237 g/mol. The van der Waals surface area contributed by atoms with E-state index < -0.39 is 0 Å². The van der Waals surface area contributed by atoms with Crippen molar-refractivity contribution in [3.63, 3.8) is 0 Å². The summed E-state index contributed by atoms with van der Waals surface area (Å²) < 4.78 is 0. The van der Waals surface area contributed by atoms with Gasteiger partial charge >= 0.3 is 0 Å². The predicted molar refractivity (Wildman–Crippen MR) is 69.7 cm³/mol. The lowest BCUT2D eigenvalue weighted by Gasteiger charge is -2.30. The summed E-state index contributed by atoms with van der Waals surface area (Å²) in [5.41, 5.74) is -0.0278. The van der Waals surface area contributed by atoms with Crippen LogP contribution in [0.3, 0.4) is 0 Å². The molecule has 0 aromatic rings. The lowest BCUT2D eigenvalue weighted by atomic mass is 9.98. The van der Waals surface area contributed by atoms with Crippen LogP contribution >= 0.6 is 9.24 Å². The van der Waals surface area contributed by atoms with Gasteiger partial charge < -0.3 is 10.3 Å². The Morgan fingerprint density at radius 3 is 2.35 bits per heavy atom. The average molecular weight is 253 g/mol. The van der Waals surface area contributed by atoms with Gasteiger partial charge in [-0.05, 0) is 25.0 Å². The molecule has 1 heterocycles. The molecule has 0 aromatic heterocycles. The topological polar surface area (TPSA) is 85.1 Å². The van der Waals surface area contributed by atoms with Gasteiger partial charge in [0.05, 0.1) is 0 Å². The zero-order valence-electron chi connectivity index (χ0n) is 9.48. The highest BCUT2D eigenvalue weighted by Crippen LogP contribution is 2.20.